The summed E-state index contributed by atoms with van der Waals surface area (Å²) in [5.74, 6) is 1.63. The molecule has 1 saturated heterocycles. The van der Waals surface area contributed by atoms with Crippen molar-refractivity contribution in [3.8, 4) is 0 Å². The number of morpholine rings is 1. The van der Waals surface area contributed by atoms with Gasteiger partial charge >= 0.3 is 0 Å². The number of nitrogens with zero attached hydrogens (tertiary/aromatic N) is 5. The normalized spacial score (nSPS) is 16.6. The van der Waals surface area contributed by atoms with E-state index in [1.807, 2.05) is 18.4 Å². The maximum absolute atomic E-state index is 5.52. The smallest absolute Gasteiger partial charge is 0.191 e. The van der Waals surface area contributed by atoms with Gasteiger partial charge in [0.25, 0.3) is 0 Å². The lowest BCUT2D eigenvalue weighted by Gasteiger charge is -2.34. The van der Waals surface area contributed by atoms with Gasteiger partial charge in [-0.25, -0.2) is 4.98 Å². The second kappa shape index (κ2) is 10.9. The molecule has 1 aliphatic rings. The first-order chi connectivity index (χ1) is 12.7. The van der Waals surface area contributed by atoms with Crippen LogP contribution in [0.3, 0.4) is 0 Å². The highest BCUT2D eigenvalue weighted by atomic mass is 127. The summed E-state index contributed by atoms with van der Waals surface area (Å²) < 4.78 is 7.27. The molecule has 8 nitrogen and oxygen atoms in total. The molecule has 0 aromatic carbocycles. The number of hydrogen-bond acceptors (Lipinski definition) is 6. The quantitative estimate of drug-likeness (QED) is 0.353. The molecule has 0 aliphatic carbocycles. The molecule has 0 amide bonds. The molecule has 3 heterocycles. The number of rotatable bonds is 6. The van der Waals surface area contributed by atoms with Crippen LogP contribution >= 0.6 is 35.3 Å². The van der Waals surface area contributed by atoms with Gasteiger partial charge < -0.3 is 15.4 Å². The zero-order chi connectivity index (χ0) is 18.4. The first-order valence-corrected chi connectivity index (χ1v) is 9.64. The molecular weight excluding hydrogens is 477 g/mol. The monoisotopic (exact) mass is 505 g/mol. The van der Waals surface area contributed by atoms with Crippen LogP contribution in [0, 0.1) is 6.92 Å². The summed E-state index contributed by atoms with van der Waals surface area (Å²) in [6.07, 6.45) is 1.56. The molecular formula is C17H28IN7OS. The minimum Gasteiger partial charge on any atom is -0.379 e. The molecule has 2 aromatic heterocycles. The van der Waals surface area contributed by atoms with E-state index in [0.29, 0.717) is 12.6 Å². The summed E-state index contributed by atoms with van der Waals surface area (Å²) in [6, 6.07) is 4.73. The van der Waals surface area contributed by atoms with Gasteiger partial charge in [0.05, 0.1) is 25.8 Å². The molecule has 1 atom stereocenters. The highest BCUT2D eigenvalue weighted by Gasteiger charge is 2.24. The lowest BCUT2D eigenvalue weighted by atomic mass is 10.2. The minimum absolute atomic E-state index is 0. The summed E-state index contributed by atoms with van der Waals surface area (Å²) in [5, 5.41) is 10.9. The minimum atomic E-state index is 0. The van der Waals surface area contributed by atoms with Crippen LogP contribution in [0.1, 0.15) is 21.6 Å². The van der Waals surface area contributed by atoms with Crippen LogP contribution in [0.25, 0.3) is 0 Å². The van der Waals surface area contributed by atoms with Crippen molar-refractivity contribution >= 4 is 41.3 Å². The van der Waals surface area contributed by atoms with Crippen molar-refractivity contribution in [2.75, 3.05) is 39.9 Å². The highest BCUT2D eigenvalue weighted by Crippen LogP contribution is 2.27. The number of guanidine groups is 1. The topological polar surface area (TPSA) is 79.6 Å². The van der Waals surface area contributed by atoms with Crippen LogP contribution < -0.4 is 10.6 Å². The standard InChI is InChI=1S/C17H27N7OS.HI/c1-13-4-5-15(26-13)14(24-6-8-25-9-7-24)10-19-17(18-2)20-11-16-21-12-22-23(16)3;/h4-5,12,14H,6-11H2,1-3H3,(H2,18,19,20);1H. The van der Waals surface area contributed by atoms with E-state index in [1.54, 1.807) is 18.1 Å². The molecule has 27 heavy (non-hydrogen) atoms. The predicted octanol–water partition coefficient (Wildman–Crippen LogP) is 1.54. The second-order valence-corrected chi connectivity index (χ2v) is 7.54. The van der Waals surface area contributed by atoms with Crippen molar-refractivity contribution in [3.63, 3.8) is 0 Å². The highest BCUT2D eigenvalue weighted by molar-refractivity contribution is 14.0. The maximum Gasteiger partial charge on any atom is 0.191 e. The number of nitrogens with one attached hydrogen (secondary N) is 2. The van der Waals surface area contributed by atoms with Crippen molar-refractivity contribution in [2.24, 2.45) is 12.0 Å². The molecule has 0 saturated carbocycles. The van der Waals surface area contributed by atoms with Gasteiger partial charge in [0, 0.05) is 43.5 Å². The number of aryl methyl sites for hydroxylation is 2. The summed E-state index contributed by atoms with van der Waals surface area (Å²) >= 11 is 1.86. The summed E-state index contributed by atoms with van der Waals surface area (Å²) in [5.41, 5.74) is 0. The van der Waals surface area contributed by atoms with E-state index in [9.17, 15) is 0 Å². The maximum atomic E-state index is 5.52. The van der Waals surface area contributed by atoms with Crippen molar-refractivity contribution in [2.45, 2.75) is 19.5 Å². The fourth-order valence-electron chi connectivity index (χ4n) is 2.99. The lowest BCUT2D eigenvalue weighted by Crippen LogP contribution is -2.46. The fourth-order valence-corrected chi connectivity index (χ4v) is 4.00. The first kappa shape index (κ1) is 22.1. The molecule has 0 radical (unpaired) electrons. The number of aromatic nitrogens is 3. The Morgan fingerprint density at radius 1 is 1.33 bits per heavy atom. The van der Waals surface area contributed by atoms with Crippen LogP contribution in [-0.2, 0) is 18.3 Å². The third-order valence-corrected chi connectivity index (χ3v) is 5.58. The zero-order valence-electron chi connectivity index (χ0n) is 16.0. The van der Waals surface area contributed by atoms with Crippen LogP contribution in [0.15, 0.2) is 23.5 Å². The molecule has 2 aromatic rings. The molecule has 0 spiro atoms. The molecule has 2 N–H and O–H groups in total. The molecule has 1 aliphatic heterocycles. The van der Waals surface area contributed by atoms with Crippen LogP contribution in [0.5, 0.6) is 0 Å². The van der Waals surface area contributed by atoms with E-state index in [1.165, 1.54) is 9.75 Å². The second-order valence-electron chi connectivity index (χ2n) is 6.22. The van der Waals surface area contributed by atoms with Gasteiger partial charge in [-0.15, -0.1) is 35.3 Å². The van der Waals surface area contributed by atoms with Crippen molar-refractivity contribution < 1.29 is 4.74 Å². The van der Waals surface area contributed by atoms with Gasteiger partial charge in [-0.2, -0.15) is 5.10 Å². The fraction of sp³-hybridized carbons (Fsp3) is 0.588. The summed E-state index contributed by atoms with van der Waals surface area (Å²) in [6.45, 7) is 7.01. The summed E-state index contributed by atoms with van der Waals surface area (Å²) in [4.78, 5) is 13.8. The Balaban J connectivity index is 0.00000261. The van der Waals surface area contributed by atoms with Gasteiger partial charge in [-0.1, -0.05) is 0 Å². The van der Waals surface area contributed by atoms with Gasteiger partial charge in [-0.3, -0.25) is 14.6 Å². The third-order valence-electron chi connectivity index (χ3n) is 4.48. The van der Waals surface area contributed by atoms with E-state index in [-0.39, 0.29) is 24.0 Å². The Kier molecular flexibility index (Phi) is 8.93. The van der Waals surface area contributed by atoms with E-state index >= 15 is 0 Å². The van der Waals surface area contributed by atoms with E-state index in [0.717, 1.165) is 44.6 Å². The summed E-state index contributed by atoms with van der Waals surface area (Å²) in [7, 11) is 3.67. The molecule has 0 bridgehead atoms. The molecule has 1 unspecified atom stereocenters. The van der Waals surface area contributed by atoms with E-state index < -0.39 is 0 Å². The number of aliphatic imine (C=N–C) groups is 1. The molecule has 10 heteroatoms. The lowest BCUT2D eigenvalue weighted by molar-refractivity contribution is 0.0177. The van der Waals surface area contributed by atoms with Crippen LogP contribution in [0.2, 0.25) is 0 Å². The van der Waals surface area contributed by atoms with Crippen molar-refractivity contribution in [1.29, 1.82) is 0 Å². The average Bonchev–Trinajstić information content (AvgIpc) is 3.27. The van der Waals surface area contributed by atoms with E-state index in [4.69, 9.17) is 4.74 Å². The van der Waals surface area contributed by atoms with Gasteiger partial charge in [0.2, 0.25) is 0 Å². The SMILES string of the molecule is CN=C(NCc1ncnn1C)NCC(c1ccc(C)s1)N1CCOCC1.I. The predicted molar refractivity (Wildman–Crippen MR) is 119 cm³/mol. The zero-order valence-corrected chi connectivity index (χ0v) is 19.2. The largest absolute Gasteiger partial charge is 0.379 e. The number of hydrogen-bond donors (Lipinski definition) is 2. The van der Waals surface area contributed by atoms with Crippen LogP contribution in [0.4, 0.5) is 0 Å². The first-order valence-electron chi connectivity index (χ1n) is 8.83. The molecule has 150 valence electrons. The van der Waals surface area contributed by atoms with E-state index in [2.05, 4.69) is 49.7 Å². The molecule has 3 rings (SSSR count). The number of thiophene rings is 1. The molecule has 1 fully saturated rings. The van der Waals surface area contributed by atoms with Gasteiger partial charge in [0.1, 0.15) is 12.2 Å². The Labute approximate surface area is 181 Å². The van der Waals surface area contributed by atoms with Crippen molar-refractivity contribution in [1.82, 2.24) is 30.3 Å². The Morgan fingerprint density at radius 3 is 2.70 bits per heavy atom. The number of halogens is 1. The van der Waals surface area contributed by atoms with Gasteiger partial charge in [0.15, 0.2) is 5.96 Å². The third kappa shape index (κ3) is 6.13. The van der Waals surface area contributed by atoms with Crippen LogP contribution in [-0.4, -0.2) is 65.5 Å². The Bertz CT molecular complexity index is 726. The Hall–Kier alpha value is -1.24. The van der Waals surface area contributed by atoms with Crippen molar-refractivity contribution in [3.05, 3.63) is 34.0 Å². The Morgan fingerprint density at radius 2 is 2.11 bits per heavy atom. The number of ether oxygens (including phenoxy) is 1. The van der Waals surface area contributed by atoms with Gasteiger partial charge in [-0.05, 0) is 19.1 Å². The average molecular weight is 505 g/mol.